The third kappa shape index (κ3) is 3.81. The van der Waals surface area contributed by atoms with Gasteiger partial charge in [-0.15, -0.1) is 0 Å². The largest absolute Gasteiger partial charge is 0.355 e. The lowest BCUT2D eigenvalue weighted by Crippen LogP contribution is -2.46. The van der Waals surface area contributed by atoms with Gasteiger partial charge in [0.15, 0.2) is 0 Å². The molecule has 5 heteroatoms. The summed E-state index contributed by atoms with van der Waals surface area (Å²) in [6.45, 7) is 2.48. The van der Waals surface area contributed by atoms with Crippen LogP contribution in [0.25, 0.3) is 0 Å². The average Bonchev–Trinajstić information content (AvgIpc) is 2.27. The molecule has 0 radical (unpaired) electrons. The van der Waals surface area contributed by atoms with Gasteiger partial charge in [-0.1, -0.05) is 12.8 Å². The summed E-state index contributed by atoms with van der Waals surface area (Å²) in [5, 5.41) is 5.27. The van der Waals surface area contributed by atoms with Gasteiger partial charge in [0.25, 0.3) is 0 Å². The molecule has 0 heterocycles. The highest BCUT2D eigenvalue weighted by Gasteiger charge is 2.28. The van der Waals surface area contributed by atoms with Gasteiger partial charge in [-0.05, 0) is 19.8 Å². The Bertz CT molecular complexity index is 256. The van der Waals surface area contributed by atoms with E-state index in [-0.39, 0.29) is 30.3 Å². The molecule has 1 fully saturated rings. The fraction of sp³-hybridized carbons (Fsp3) is 0.818. The van der Waals surface area contributed by atoms with Crippen molar-refractivity contribution in [2.24, 2.45) is 11.7 Å². The molecule has 0 spiro atoms. The van der Waals surface area contributed by atoms with Crippen LogP contribution in [0, 0.1) is 5.92 Å². The van der Waals surface area contributed by atoms with Gasteiger partial charge >= 0.3 is 0 Å². The van der Waals surface area contributed by atoms with Crippen molar-refractivity contribution in [3.8, 4) is 0 Å². The van der Waals surface area contributed by atoms with Gasteiger partial charge < -0.3 is 16.4 Å². The highest BCUT2D eigenvalue weighted by atomic mass is 16.2. The lowest BCUT2D eigenvalue weighted by atomic mass is 9.84. The molecular formula is C11H21N3O2. The van der Waals surface area contributed by atoms with Crippen LogP contribution in [0.15, 0.2) is 0 Å². The van der Waals surface area contributed by atoms with Gasteiger partial charge in [-0.2, -0.15) is 0 Å². The van der Waals surface area contributed by atoms with Crippen molar-refractivity contribution in [2.75, 3.05) is 13.1 Å². The summed E-state index contributed by atoms with van der Waals surface area (Å²) in [6.07, 6.45) is 3.88. The molecule has 0 saturated heterocycles. The average molecular weight is 227 g/mol. The molecule has 92 valence electrons. The third-order valence-electron chi connectivity index (χ3n) is 2.95. The van der Waals surface area contributed by atoms with Crippen molar-refractivity contribution in [1.82, 2.24) is 10.6 Å². The molecule has 0 aliphatic heterocycles. The Morgan fingerprint density at radius 3 is 2.56 bits per heavy atom. The molecule has 16 heavy (non-hydrogen) atoms. The Morgan fingerprint density at radius 1 is 1.25 bits per heavy atom. The Hall–Kier alpha value is -1.10. The van der Waals surface area contributed by atoms with Gasteiger partial charge in [0.05, 0.1) is 12.5 Å². The van der Waals surface area contributed by atoms with Gasteiger partial charge in [0.1, 0.15) is 0 Å². The van der Waals surface area contributed by atoms with Crippen LogP contribution < -0.4 is 16.4 Å². The predicted molar refractivity (Wildman–Crippen MR) is 61.6 cm³/mol. The zero-order chi connectivity index (χ0) is 12.0. The highest BCUT2D eigenvalue weighted by Crippen LogP contribution is 2.22. The Labute approximate surface area is 96.1 Å². The highest BCUT2D eigenvalue weighted by molar-refractivity contribution is 5.86. The van der Waals surface area contributed by atoms with E-state index in [1.807, 2.05) is 6.92 Å². The molecule has 2 amide bonds. The van der Waals surface area contributed by atoms with Crippen LogP contribution in [0.1, 0.15) is 32.6 Å². The fourth-order valence-electron chi connectivity index (χ4n) is 2.04. The minimum Gasteiger partial charge on any atom is -0.355 e. The summed E-state index contributed by atoms with van der Waals surface area (Å²) < 4.78 is 0. The van der Waals surface area contributed by atoms with E-state index in [0.29, 0.717) is 6.54 Å². The normalized spacial score (nSPS) is 24.9. The molecule has 0 bridgehead atoms. The van der Waals surface area contributed by atoms with Crippen molar-refractivity contribution in [2.45, 2.75) is 38.6 Å². The summed E-state index contributed by atoms with van der Waals surface area (Å²) in [4.78, 5) is 22.9. The van der Waals surface area contributed by atoms with Crippen LogP contribution >= 0.6 is 0 Å². The Balaban J connectivity index is 2.31. The maximum Gasteiger partial charge on any atom is 0.239 e. The summed E-state index contributed by atoms with van der Waals surface area (Å²) in [7, 11) is 0. The standard InChI is InChI=1S/C11H21N3O2/c1-2-13-10(15)7-14-11(16)8-5-3-4-6-9(8)12/h8-9H,2-7,12H2,1H3,(H,13,15)(H,14,16). The van der Waals surface area contributed by atoms with Crippen molar-refractivity contribution >= 4 is 11.8 Å². The number of rotatable bonds is 4. The Kier molecular flexibility index (Phi) is 5.25. The van der Waals surface area contributed by atoms with Crippen LogP contribution in [-0.4, -0.2) is 30.9 Å². The number of nitrogens with one attached hydrogen (secondary N) is 2. The molecule has 0 aromatic carbocycles. The van der Waals surface area contributed by atoms with Crippen LogP contribution in [-0.2, 0) is 9.59 Å². The van der Waals surface area contributed by atoms with Crippen molar-refractivity contribution in [1.29, 1.82) is 0 Å². The van der Waals surface area contributed by atoms with Crippen molar-refractivity contribution in [3.63, 3.8) is 0 Å². The minimum absolute atomic E-state index is 0.0515. The number of carbonyl (C=O) groups excluding carboxylic acids is 2. The lowest BCUT2D eigenvalue weighted by molar-refractivity contribution is -0.129. The first-order chi connectivity index (χ1) is 7.65. The first-order valence-electron chi connectivity index (χ1n) is 5.95. The van der Waals surface area contributed by atoms with Gasteiger partial charge in [0, 0.05) is 12.6 Å². The summed E-state index contributed by atoms with van der Waals surface area (Å²) in [5.74, 6) is -0.359. The number of hydrogen-bond donors (Lipinski definition) is 3. The second kappa shape index (κ2) is 6.48. The molecule has 0 aromatic heterocycles. The zero-order valence-electron chi connectivity index (χ0n) is 9.79. The first kappa shape index (κ1) is 13.0. The van der Waals surface area contributed by atoms with Crippen molar-refractivity contribution < 1.29 is 9.59 Å². The fourth-order valence-corrected chi connectivity index (χ4v) is 2.04. The van der Waals surface area contributed by atoms with Gasteiger partial charge in [0.2, 0.25) is 11.8 Å². The van der Waals surface area contributed by atoms with E-state index in [4.69, 9.17) is 5.73 Å². The van der Waals surface area contributed by atoms with Crippen LogP contribution in [0.3, 0.4) is 0 Å². The summed E-state index contributed by atoms with van der Waals surface area (Å²) in [6, 6.07) is -0.0528. The van der Waals surface area contributed by atoms with E-state index in [9.17, 15) is 9.59 Å². The summed E-state index contributed by atoms with van der Waals surface area (Å²) in [5.41, 5.74) is 5.88. The van der Waals surface area contributed by atoms with Crippen LogP contribution in [0.2, 0.25) is 0 Å². The van der Waals surface area contributed by atoms with Gasteiger partial charge in [-0.3, -0.25) is 9.59 Å². The van der Waals surface area contributed by atoms with Gasteiger partial charge in [-0.25, -0.2) is 0 Å². The third-order valence-corrected chi connectivity index (χ3v) is 2.95. The zero-order valence-corrected chi connectivity index (χ0v) is 9.79. The van der Waals surface area contributed by atoms with E-state index in [0.717, 1.165) is 25.7 Å². The molecule has 4 N–H and O–H groups in total. The van der Waals surface area contributed by atoms with E-state index in [1.165, 1.54) is 0 Å². The van der Waals surface area contributed by atoms with E-state index < -0.39 is 0 Å². The quantitative estimate of drug-likeness (QED) is 0.619. The maximum absolute atomic E-state index is 11.7. The van der Waals surface area contributed by atoms with Crippen molar-refractivity contribution in [3.05, 3.63) is 0 Å². The molecule has 2 atom stereocenters. The molecule has 1 rings (SSSR count). The van der Waals surface area contributed by atoms with E-state index in [1.54, 1.807) is 0 Å². The molecule has 1 saturated carbocycles. The minimum atomic E-state index is -0.153. The molecule has 0 aromatic rings. The second-order valence-corrected chi connectivity index (χ2v) is 4.23. The maximum atomic E-state index is 11.7. The van der Waals surface area contributed by atoms with Crippen LogP contribution in [0.4, 0.5) is 0 Å². The van der Waals surface area contributed by atoms with Crippen LogP contribution in [0.5, 0.6) is 0 Å². The number of carbonyl (C=O) groups is 2. The number of nitrogens with two attached hydrogens (primary N) is 1. The van der Waals surface area contributed by atoms with E-state index in [2.05, 4.69) is 10.6 Å². The summed E-state index contributed by atoms with van der Waals surface area (Å²) >= 11 is 0. The lowest BCUT2D eigenvalue weighted by Gasteiger charge is -2.27. The van der Waals surface area contributed by atoms with E-state index >= 15 is 0 Å². The molecule has 2 unspecified atom stereocenters. The molecule has 1 aliphatic rings. The predicted octanol–water partition coefficient (Wildman–Crippen LogP) is -0.244. The first-order valence-corrected chi connectivity index (χ1v) is 5.95. The number of hydrogen-bond acceptors (Lipinski definition) is 3. The smallest absolute Gasteiger partial charge is 0.239 e. The Morgan fingerprint density at radius 2 is 1.94 bits per heavy atom. The SMILES string of the molecule is CCNC(=O)CNC(=O)C1CCCCC1N. The number of amides is 2. The molecule has 5 nitrogen and oxygen atoms in total. The second-order valence-electron chi connectivity index (χ2n) is 4.23. The number of likely N-dealkylation sites (N-methyl/N-ethyl adjacent to an activating group) is 1. The monoisotopic (exact) mass is 227 g/mol. The topological polar surface area (TPSA) is 84.2 Å². The molecule has 1 aliphatic carbocycles. The molecular weight excluding hydrogens is 206 g/mol.